The molecule has 0 unspecified atom stereocenters. The number of aryl methyl sites for hydroxylation is 1. The van der Waals surface area contributed by atoms with E-state index in [0.29, 0.717) is 4.99 Å². The Labute approximate surface area is 114 Å². The number of thiocarbonyl (C=S) groups is 1. The summed E-state index contributed by atoms with van der Waals surface area (Å²) in [5.41, 5.74) is 6.72. The molecular formula is C12H22N4OS. The van der Waals surface area contributed by atoms with Crippen molar-refractivity contribution >= 4 is 17.2 Å². The zero-order valence-electron chi connectivity index (χ0n) is 11.1. The van der Waals surface area contributed by atoms with E-state index in [4.69, 9.17) is 22.7 Å². The molecule has 0 saturated heterocycles. The lowest BCUT2D eigenvalue weighted by atomic mass is 10.3. The van der Waals surface area contributed by atoms with Crippen LogP contribution >= 0.6 is 12.2 Å². The number of nitrogens with two attached hydrogens (primary N) is 1. The second-order valence-electron chi connectivity index (χ2n) is 4.33. The van der Waals surface area contributed by atoms with E-state index in [1.165, 1.54) is 5.56 Å². The highest BCUT2D eigenvalue weighted by Gasteiger charge is 2.06. The Morgan fingerprint density at radius 2 is 2.28 bits per heavy atom. The van der Waals surface area contributed by atoms with E-state index < -0.39 is 0 Å². The number of nitrogens with zero attached hydrogens (tertiary/aromatic N) is 3. The molecule has 0 bridgehead atoms. The average molecular weight is 270 g/mol. The second-order valence-corrected chi connectivity index (χ2v) is 4.86. The van der Waals surface area contributed by atoms with Gasteiger partial charge in [0.2, 0.25) is 0 Å². The van der Waals surface area contributed by atoms with E-state index in [9.17, 15) is 0 Å². The molecule has 0 aromatic carbocycles. The molecule has 0 atom stereocenters. The molecule has 102 valence electrons. The number of aromatic nitrogens is 2. The van der Waals surface area contributed by atoms with Crippen LogP contribution in [0.3, 0.4) is 0 Å². The molecule has 6 heteroatoms. The Morgan fingerprint density at radius 3 is 2.83 bits per heavy atom. The van der Waals surface area contributed by atoms with E-state index in [0.717, 1.165) is 39.2 Å². The summed E-state index contributed by atoms with van der Waals surface area (Å²) >= 11 is 4.91. The molecule has 5 nitrogen and oxygen atoms in total. The monoisotopic (exact) mass is 270 g/mol. The topological polar surface area (TPSA) is 56.3 Å². The Kier molecular flexibility index (Phi) is 6.85. The lowest BCUT2D eigenvalue weighted by Crippen LogP contribution is -2.33. The third-order valence-corrected chi connectivity index (χ3v) is 2.90. The van der Waals surface area contributed by atoms with Crippen LogP contribution in [0.15, 0.2) is 12.4 Å². The SMILES string of the molecule is COCCN(CCC(N)=S)CCn1cc(C)cn1. The summed E-state index contributed by atoms with van der Waals surface area (Å²) in [6.45, 7) is 6.31. The van der Waals surface area contributed by atoms with Crippen molar-refractivity contribution in [1.29, 1.82) is 0 Å². The minimum atomic E-state index is 0.562. The molecule has 0 radical (unpaired) electrons. The Morgan fingerprint density at radius 1 is 1.50 bits per heavy atom. The first kappa shape index (κ1) is 15.1. The maximum absolute atomic E-state index is 5.54. The van der Waals surface area contributed by atoms with E-state index in [1.807, 2.05) is 24.0 Å². The van der Waals surface area contributed by atoms with Gasteiger partial charge in [-0.25, -0.2) is 0 Å². The van der Waals surface area contributed by atoms with Gasteiger partial charge in [0.15, 0.2) is 0 Å². The zero-order chi connectivity index (χ0) is 13.4. The first-order chi connectivity index (χ1) is 8.61. The second kappa shape index (κ2) is 8.18. The summed E-state index contributed by atoms with van der Waals surface area (Å²) in [5, 5.41) is 4.27. The molecule has 1 aromatic rings. The van der Waals surface area contributed by atoms with Crippen molar-refractivity contribution in [2.45, 2.75) is 19.9 Å². The van der Waals surface area contributed by atoms with Crippen molar-refractivity contribution in [1.82, 2.24) is 14.7 Å². The fraction of sp³-hybridized carbons (Fsp3) is 0.667. The van der Waals surface area contributed by atoms with Crippen molar-refractivity contribution in [3.63, 3.8) is 0 Å². The Balaban J connectivity index is 2.36. The number of rotatable bonds is 9. The molecular weight excluding hydrogens is 248 g/mol. The third-order valence-electron chi connectivity index (χ3n) is 2.69. The molecule has 0 saturated carbocycles. The van der Waals surface area contributed by atoms with Crippen molar-refractivity contribution in [3.05, 3.63) is 18.0 Å². The van der Waals surface area contributed by atoms with Gasteiger partial charge in [-0.05, 0) is 12.5 Å². The molecule has 0 aliphatic carbocycles. The van der Waals surface area contributed by atoms with Crippen LogP contribution in [0.1, 0.15) is 12.0 Å². The van der Waals surface area contributed by atoms with Gasteiger partial charge in [0.05, 0.1) is 24.3 Å². The molecule has 0 amide bonds. The van der Waals surface area contributed by atoms with Crippen LogP contribution in [0, 0.1) is 6.92 Å². The molecule has 1 rings (SSSR count). The Hall–Kier alpha value is -0.980. The van der Waals surface area contributed by atoms with Crippen LogP contribution in [0.5, 0.6) is 0 Å². The van der Waals surface area contributed by atoms with Crippen LogP contribution in [0.25, 0.3) is 0 Å². The molecule has 0 aliphatic heterocycles. The highest BCUT2D eigenvalue weighted by Crippen LogP contribution is 1.97. The minimum absolute atomic E-state index is 0.562. The maximum atomic E-state index is 5.54. The summed E-state index contributed by atoms with van der Waals surface area (Å²) in [5.74, 6) is 0. The first-order valence-electron chi connectivity index (χ1n) is 6.10. The van der Waals surface area contributed by atoms with Gasteiger partial charge in [-0.3, -0.25) is 9.58 Å². The van der Waals surface area contributed by atoms with Gasteiger partial charge < -0.3 is 10.5 Å². The van der Waals surface area contributed by atoms with Gasteiger partial charge in [-0.15, -0.1) is 0 Å². The number of methoxy groups -OCH3 is 1. The van der Waals surface area contributed by atoms with Gasteiger partial charge in [0.1, 0.15) is 0 Å². The summed E-state index contributed by atoms with van der Waals surface area (Å²) in [6.07, 6.45) is 4.66. The molecule has 0 aliphatic rings. The predicted octanol–water partition coefficient (Wildman–Crippen LogP) is 0.816. The number of ether oxygens (including phenoxy) is 1. The fourth-order valence-corrected chi connectivity index (χ4v) is 1.75. The molecule has 18 heavy (non-hydrogen) atoms. The third kappa shape index (κ3) is 6.09. The first-order valence-corrected chi connectivity index (χ1v) is 6.51. The van der Waals surface area contributed by atoms with Crippen molar-refractivity contribution in [2.24, 2.45) is 5.73 Å². The number of hydrogen-bond acceptors (Lipinski definition) is 4. The number of hydrogen-bond donors (Lipinski definition) is 1. The minimum Gasteiger partial charge on any atom is -0.393 e. The summed E-state index contributed by atoms with van der Waals surface area (Å²) in [6, 6.07) is 0. The van der Waals surface area contributed by atoms with Gasteiger partial charge in [-0.1, -0.05) is 12.2 Å². The highest BCUT2D eigenvalue weighted by atomic mass is 32.1. The van der Waals surface area contributed by atoms with Crippen molar-refractivity contribution in [3.8, 4) is 0 Å². The molecule has 0 spiro atoms. The summed E-state index contributed by atoms with van der Waals surface area (Å²) in [7, 11) is 1.71. The van der Waals surface area contributed by atoms with Crippen LogP contribution in [0.2, 0.25) is 0 Å². The largest absolute Gasteiger partial charge is 0.393 e. The normalized spacial score (nSPS) is 11.1. The fourth-order valence-electron chi connectivity index (χ4n) is 1.66. The van der Waals surface area contributed by atoms with Crippen molar-refractivity contribution in [2.75, 3.05) is 33.4 Å². The van der Waals surface area contributed by atoms with Gasteiger partial charge >= 0.3 is 0 Å². The van der Waals surface area contributed by atoms with Gasteiger partial charge in [-0.2, -0.15) is 5.10 Å². The van der Waals surface area contributed by atoms with E-state index in [2.05, 4.69) is 10.00 Å². The molecule has 0 fully saturated rings. The quantitative estimate of drug-likeness (QED) is 0.673. The predicted molar refractivity (Wildman–Crippen MR) is 76.7 cm³/mol. The maximum Gasteiger partial charge on any atom is 0.0740 e. The van der Waals surface area contributed by atoms with Gasteiger partial charge in [0.25, 0.3) is 0 Å². The van der Waals surface area contributed by atoms with Crippen LogP contribution in [-0.4, -0.2) is 53.0 Å². The van der Waals surface area contributed by atoms with E-state index >= 15 is 0 Å². The average Bonchev–Trinajstić information content (AvgIpc) is 2.74. The van der Waals surface area contributed by atoms with E-state index in [1.54, 1.807) is 7.11 Å². The van der Waals surface area contributed by atoms with E-state index in [-0.39, 0.29) is 0 Å². The summed E-state index contributed by atoms with van der Waals surface area (Å²) < 4.78 is 7.06. The summed E-state index contributed by atoms with van der Waals surface area (Å²) in [4.78, 5) is 2.85. The van der Waals surface area contributed by atoms with Crippen LogP contribution in [-0.2, 0) is 11.3 Å². The zero-order valence-corrected chi connectivity index (χ0v) is 11.9. The Bertz CT molecular complexity index is 367. The lowest BCUT2D eigenvalue weighted by molar-refractivity contribution is 0.146. The molecule has 1 aromatic heterocycles. The van der Waals surface area contributed by atoms with Crippen LogP contribution in [0.4, 0.5) is 0 Å². The molecule has 2 N–H and O–H groups in total. The smallest absolute Gasteiger partial charge is 0.0740 e. The van der Waals surface area contributed by atoms with Crippen LogP contribution < -0.4 is 5.73 Å². The van der Waals surface area contributed by atoms with Gasteiger partial charge in [0, 0.05) is 39.4 Å². The standard InChI is InChI=1S/C12H22N4OS/c1-11-9-14-16(10-11)6-5-15(7-8-17-2)4-3-12(13)18/h9-10H,3-8H2,1-2H3,(H2,13,18). The lowest BCUT2D eigenvalue weighted by Gasteiger charge is -2.21. The van der Waals surface area contributed by atoms with Crippen molar-refractivity contribution < 1.29 is 4.74 Å². The highest BCUT2D eigenvalue weighted by molar-refractivity contribution is 7.80. The molecule has 1 heterocycles.